The maximum absolute atomic E-state index is 12.3. The van der Waals surface area contributed by atoms with Gasteiger partial charge in [0.25, 0.3) is 10.0 Å². The first kappa shape index (κ1) is 18.4. The SMILES string of the molecule is COc1ccc(S(=O)(=O)N/N=C/c2cccc(OC)c2O)cc1OC. The van der Waals surface area contributed by atoms with Crippen LogP contribution in [-0.2, 0) is 10.0 Å². The van der Waals surface area contributed by atoms with Crippen LogP contribution < -0.4 is 19.0 Å². The number of nitrogens with one attached hydrogen (secondary N) is 1. The minimum atomic E-state index is -3.91. The molecule has 0 saturated carbocycles. The maximum atomic E-state index is 12.3. The van der Waals surface area contributed by atoms with E-state index in [0.717, 1.165) is 0 Å². The molecule has 8 nitrogen and oxygen atoms in total. The van der Waals surface area contributed by atoms with Crippen LogP contribution in [0.3, 0.4) is 0 Å². The Morgan fingerprint density at radius 2 is 1.68 bits per heavy atom. The highest BCUT2D eigenvalue weighted by Gasteiger charge is 2.16. The number of aromatic hydroxyl groups is 1. The van der Waals surface area contributed by atoms with Crippen LogP contribution >= 0.6 is 0 Å². The third-order valence-electron chi connectivity index (χ3n) is 3.29. The molecule has 2 aromatic rings. The molecule has 2 N–H and O–H groups in total. The van der Waals surface area contributed by atoms with Crippen LogP contribution in [0.15, 0.2) is 46.4 Å². The summed E-state index contributed by atoms with van der Waals surface area (Å²) in [6.07, 6.45) is 1.18. The van der Waals surface area contributed by atoms with E-state index in [0.29, 0.717) is 11.3 Å². The summed E-state index contributed by atoms with van der Waals surface area (Å²) in [4.78, 5) is 2.03. The average molecular weight is 366 g/mol. The predicted molar refractivity (Wildman–Crippen MR) is 92.1 cm³/mol. The van der Waals surface area contributed by atoms with Gasteiger partial charge in [-0.2, -0.15) is 13.5 Å². The molecular weight excluding hydrogens is 348 g/mol. The standard InChI is InChI=1S/C16H18N2O6S/c1-22-13-8-7-12(9-15(13)24-3)25(20,21)18-17-10-11-5-4-6-14(23-2)16(11)19/h4-10,18-19H,1-3H3/b17-10+. The number of para-hydroxylation sites is 1. The highest BCUT2D eigenvalue weighted by atomic mass is 32.2. The van der Waals surface area contributed by atoms with Gasteiger partial charge in [-0.1, -0.05) is 6.07 Å². The third-order valence-corrected chi connectivity index (χ3v) is 4.51. The van der Waals surface area contributed by atoms with E-state index in [4.69, 9.17) is 14.2 Å². The summed E-state index contributed by atoms with van der Waals surface area (Å²) < 4.78 is 39.7. The minimum Gasteiger partial charge on any atom is -0.504 e. The molecule has 0 unspecified atom stereocenters. The molecule has 0 aliphatic carbocycles. The predicted octanol–water partition coefficient (Wildman–Crippen LogP) is 1.73. The van der Waals surface area contributed by atoms with Gasteiger partial charge in [0.15, 0.2) is 23.0 Å². The van der Waals surface area contributed by atoms with E-state index in [-0.39, 0.29) is 22.1 Å². The molecule has 0 saturated heterocycles. The first-order valence-electron chi connectivity index (χ1n) is 7.05. The van der Waals surface area contributed by atoms with Gasteiger partial charge in [-0.15, -0.1) is 0 Å². The lowest BCUT2D eigenvalue weighted by atomic mass is 10.2. The van der Waals surface area contributed by atoms with Crippen molar-refractivity contribution >= 4 is 16.2 Å². The fourth-order valence-corrected chi connectivity index (χ4v) is 2.82. The molecule has 0 aromatic heterocycles. The first-order valence-corrected chi connectivity index (χ1v) is 8.54. The van der Waals surface area contributed by atoms with Gasteiger partial charge in [-0.3, -0.25) is 0 Å². The lowest BCUT2D eigenvalue weighted by Gasteiger charge is -2.09. The van der Waals surface area contributed by atoms with Crippen molar-refractivity contribution in [3.8, 4) is 23.0 Å². The second kappa shape index (κ2) is 7.75. The zero-order valence-corrected chi connectivity index (χ0v) is 14.7. The number of nitrogens with zero attached hydrogens (tertiary/aromatic N) is 1. The van der Waals surface area contributed by atoms with Crippen molar-refractivity contribution in [3.63, 3.8) is 0 Å². The zero-order chi connectivity index (χ0) is 18.4. The Morgan fingerprint density at radius 1 is 1.00 bits per heavy atom. The highest BCUT2D eigenvalue weighted by molar-refractivity contribution is 7.89. The molecule has 0 spiro atoms. The molecule has 0 atom stereocenters. The number of phenols is 1. The Balaban J connectivity index is 2.22. The van der Waals surface area contributed by atoms with Crippen molar-refractivity contribution in [1.29, 1.82) is 0 Å². The van der Waals surface area contributed by atoms with Crippen LogP contribution in [0, 0.1) is 0 Å². The van der Waals surface area contributed by atoms with Crippen LogP contribution in [0.2, 0.25) is 0 Å². The van der Waals surface area contributed by atoms with Crippen LogP contribution in [0.1, 0.15) is 5.56 Å². The topological polar surface area (TPSA) is 106 Å². The third kappa shape index (κ3) is 4.13. The van der Waals surface area contributed by atoms with Crippen molar-refractivity contribution in [1.82, 2.24) is 4.83 Å². The Labute approximate surface area is 145 Å². The molecule has 0 aliphatic heterocycles. The van der Waals surface area contributed by atoms with Crippen molar-refractivity contribution in [2.75, 3.05) is 21.3 Å². The van der Waals surface area contributed by atoms with E-state index in [2.05, 4.69) is 9.93 Å². The van der Waals surface area contributed by atoms with Gasteiger partial charge >= 0.3 is 0 Å². The van der Waals surface area contributed by atoms with Crippen molar-refractivity contribution in [2.24, 2.45) is 5.10 Å². The molecule has 0 aliphatic rings. The number of methoxy groups -OCH3 is 3. The Bertz CT molecular complexity index is 880. The Morgan fingerprint density at radius 3 is 2.32 bits per heavy atom. The molecule has 2 aromatic carbocycles. The van der Waals surface area contributed by atoms with Crippen molar-refractivity contribution in [3.05, 3.63) is 42.0 Å². The lowest BCUT2D eigenvalue weighted by Crippen LogP contribution is -2.18. The first-order chi connectivity index (χ1) is 11.9. The summed E-state index contributed by atoms with van der Waals surface area (Å²) in [6.45, 7) is 0. The van der Waals surface area contributed by atoms with Gasteiger partial charge in [-0.25, -0.2) is 4.83 Å². The number of benzene rings is 2. The smallest absolute Gasteiger partial charge is 0.276 e. The number of hydrogen-bond acceptors (Lipinski definition) is 7. The van der Waals surface area contributed by atoms with Crippen LogP contribution in [-0.4, -0.2) is 41.1 Å². The molecule has 0 radical (unpaired) electrons. The second-order valence-electron chi connectivity index (χ2n) is 4.77. The molecule has 0 amide bonds. The van der Waals surface area contributed by atoms with E-state index in [9.17, 15) is 13.5 Å². The number of phenolic OH excluding ortho intramolecular Hbond substituents is 1. The van der Waals surface area contributed by atoms with Gasteiger partial charge in [-0.05, 0) is 24.3 Å². The van der Waals surface area contributed by atoms with Crippen LogP contribution in [0.5, 0.6) is 23.0 Å². The van der Waals surface area contributed by atoms with E-state index >= 15 is 0 Å². The maximum Gasteiger partial charge on any atom is 0.276 e. The molecule has 2 rings (SSSR count). The normalized spacial score (nSPS) is 11.3. The van der Waals surface area contributed by atoms with Crippen LogP contribution in [0.25, 0.3) is 0 Å². The summed E-state index contributed by atoms with van der Waals surface area (Å²) in [7, 11) is 0.361. The van der Waals surface area contributed by atoms with E-state index in [1.165, 1.54) is 45.7 Å². The van der Waals surface area contributed by atoms with Crippen LogP contribution in [0.4, 0.5) is 0 Å². The van der Waals surface area contributed by atoms with Gasteiger partial charge < -0.3 is 19.3 Å². The number of rotatable bonds is 7. The van der Waals surface area contributed by atoms with E-state index in [1.807, 2.05) is 0 Å². The summed E-state index contributed by atoms with van der Waals surface area (Å²) >= 11 is 0. The number of sulfonamides is 1. The zero-order valence-electron chi connectivity index (χ0n) is 13.9. The number of hydrogen-bond donors (Lipinski definition) is 2. The monoisotopic (exact) mass is 366 g/mol. The summed E-state index contributed by atoms with van der Waals surface area (Å²) in [5, 5.41) is 13.6. The van der Waals surface area contributed by atoms with E-state index in [1.54, 1.807) is 18.2 Å². The molecule has 0 heterocycles. The fraction of sp³-hybridized carbons (Fsp3) is 0.188. The average Bonchev–Trinajstić information content (AvgIpc) is 2.62. The van der Waals surface area contributed by atoms with Crippen molar-refractivity contribution in [2.45, 2.75) is 4.90 Å². The fourth-order valence-electron chi connectivity index (χ4n) is 2.01. The van der Waals surface area contributed by atoms with Crippen molar-refractivity contribution < 1.29 is 27.7 Å². The highest BCUT2D eigenvalue weighted by Crippen LogP contribution is 2.30. The molecule has 134 valence electrons. The van der Waals surface area contributed by atoms with Gasteiger partial charge in [0, 0.05) is 11.6 Å². The largest absolute Gasteiger partial charge is 0.504 e. The molecule has 0 bridgehead atoms. The summed E-state index contributed by atoms with van der Waals surface area (Å²) in [6, 6.07) is 8.93. The minimum absolute atomic E-state index is 0.0443. The number of hydrazone groups is 1. The quantitative estimate of drug-likeness (QED) is 0.571. The summed E-state index contributed by atoms with van der Waals surface area (Å²) in [5.74, 6) is 0.803. The molecule has 9 heteroatoms. The van der Waals surface area contributed by atoms with Gasteiger partial charge in [0.2, 0.25) is 0 Å². The second-order valence-corrected chi connectivity index (χ2v) is 6.43. The van der Waals surface area contributed by atoms with E-state index < -0.39 is 10.0 Å². The summed E-state index contributed by atoms with van der Waals surface area (Å²) in [5.41, 5.74) is 0.300. The molecule has 0 fully saturated rings. The van der Waals surface area contributed by atoms with Gasteiger partial charge in [0.05, 0.1) is 32.4 Å². The Kier molecular flexibility index (Phi) is 5.71. The lowest BCUT2D eigenvalue weighted by molar-refractivity contribution is 0.354. The number of ether oxygens (including phenoxy) is 3. The molecular formula is C16H18N2O6S. The molecule has 25 heavy (non-hydrogen) atoms. The van der Waals surface area contributed by atoms with Gasteiger partial charge in [0.1, 0.15) is 0 Å². The Hall–Kier alpha value is -2.94.